The third-order valence-corrected chi connectivity index (χ3v) is 6.40. The van der Waals surface area contributed by atoms with Crippen LogP contribution >= 0.6 is 23.5 Å². The molecule has 1 aliphatic heterocycles. The molecule has 0 fully saturated rings. The molecule has 0 amide bonds. The normalized spacial score (nSPS) is 14.1. The van der Waals surface area contributed by atoms with Crippen LogP contribution in [0.25, 0.3) is 4.85 Å². The lowest BCUT2D eigenvalue weighted by molar-refractivity contribution is -0.139. The van der Waals surface area contributed by atoms with Crippen LogP contribution < -0.4 is 0 Å². The molecule has 0 spiro atoms. The lowest BCUT2D eigenvalue weighted by Gasteiger charge is -2.09. The number of benzene rings is 1. The maximum absolute atomic E-state index is 12.2. The van der Waals surface area contributed by atoms with Gasteiger partial charge in [-0.25, -0.2) is 4.85 Å². The van der Waals surface area contributed by atoms with Gasteiger partial charge in [0.25, 0.3) is 5.70 Å². The number of carbonyl (C=O) groups excluding carboxylic acids is 1. The van der Waals surface area contributed by atoms with E-state index in [-0.39, 0.29) is 18.4 Å². The summed E-state index contributed by atoms with van der Waals surface area (Å²) in [6.45, 7) is 13.6. The highest BCUT2D eigenvalue weighted by Gasteiger charge is 2.28. The number of nitrogens with zero attached hydrogens (tertiary/aromatic N) is 1. The van der Waals surface area contributed by atoms with Crippen LogP contribution in [0, 0.1) is 20.4 Å². The molecular formula is C17H19NO3S2. The quantitative estimate of drug-likeness (QED) is 0.443. The van der Waals surface area contributed by atoms with E-state index in [4.69, 9.17) is 16.0 Å². The summed E-state index contributed by atoms with van der Waals surface area (Å²) in [7, 11) is 1.62. The molecule has 0 saturated heterocycles. The molecular weight excluding hydrogens is 330 g/mol. The Morgan fingerprint density at radius 1 is 1.26 bits per heavy atom. The summed E-state index contributed by atoms with van der Waals surface area (Å²) in [5.74, 6) is -0.554. The first-order valence-corrected chi connectivity index (χ1v) is 8.88. The van der Waals surface area contributed by atoms with Crippen molar-refractivity contribution in [3.05, 3.63) is 44.6 Å². The molecule has 23 heavy (non-hydrogen) atoms. The molecule has 0 bridgehead atoms. The van der Waals surface area contributed by atoms with Crippen LogP contribution in [0.1, 0.15) is 24.5 Å². The Morgan fingerprint density at radius 3 is 2.30 bits per heavy atom. The number of methoxy groups -OCH3 is 1. The van der Waals surface area contributed by atoms with Gasteiger partial charge in [-0.05, 0) is 31.9 Å². The zero-order valence-electron chi connectivity index (χ0n) is 13.6. The minimum Gasteiger partial charge on any atom is -0.470 e. The van der Waals surface area contributed by atoms with E-state index in [1.165, 1.54) is 23.5 Å². The predicted octanol–water partition coefficient (Wildman–Crippen LogP) is 4.56. The summed E-state index contributed by atoms with van der Waals surface area (Å²) >= 11 is 2.97. The summed E-state index contributed by atoms with van der Waals surface area (Å²) in [5, 5.41) is 0. The molecule has 0 saturated carbocycles. The highest BCUT2D eigenvalue weighted by molar-refractivity contribution is 8.24. The first-order chi connectivity index (χ1) is 11.0. The standard InChI is InChI=1S/C17H19NO3S2/c1-10-6-7-11(2)15-14(10)22-17(23-15)13(18-4)16(19)21-9-8-12(3)20-5/h6-7,12H,8-9H2,1-3,5H3. The van der Waals surface area contributed by atoms with Crippen LogP contribution in [0.4, 0.5) is 0 Å². The van der Waals surface area contributed by atoms with Crippen molar-refractivity contribution >= 4 is 29.5 Å². The van der Waals surface area contributed by atoms with E-state index in [0.29, 0.717) is 10.7 Å². The maximum Gasteiger partial charge on any atom is 0.338 e. The second-order valence-corrected chi connectivity index (χ2v) is 7.58. The number of ether oxygens (including phenoxy) is 2. The predicted molar refractivity (Wildman–Crippen MR) is 93.3 cm³/mol. The molecule has 1 aliphatic rings. The van der Waals surface area contributed by atoms with Crippen molar-refractivity contribution in [2.24, 2.45) is 0 Å². The molecule has 1 aromatic rings. The minimum atomic E-state index is -0.554. The van der Waals surface area contributed by atoms with E-state index >= 15 is 0 Å². The first kappa shape index (κ1) is 17.9. The van der Waals surface area contributed by atoms with Gasteiger partial charge in [-0.3, -0.25) is 4.79 Å². The second-order valence-electron chi connectivity index (χ2n) is 5.28. The molecule has 4 nitrogen and oxygen atoms in total. The van der Waals surface area contributed by atoms with Crippen LogP contribution in [0.5, 0.6) is 0 Å². The molecule has 1 atom stereocenters. The van der Waals surface area contributed by atoms with Gasteiger partial charge in [0.05, 0.1) is 23.5 Å². The average Bonchev–Trinajstić information content (AvgIpc) is 2.97. The van der Waals surface area contributed by atoms with Crippen LogP contribution in [0.2, 0.25) is 0 Å². The smallest absolute Gasteiger partial charge is 0.338 e. The second kappa shape index (κ2) is 7.91. The van der Waals surface area contributed by atoms with Gasteiger partial charge in [-0.15, -0.1) is 0 Å². The van der Waals surface area contributed by atoms with Crippen molar-refractivity contribution in [3.63, 3.8) is 0 Å². The first-order valence-electron chi connectivity index (χ1n) is 7.25. The van der Waals surface area contributed by atoms with Gasteiger partial charge in [0.2, 0.25) is 0 Å². The summed E-state index contributed by atoms with van der Waals surface area (Å²) < 4.78 is 11.0. The Labute approximate surface area is 145 Å². The van der Waals surface area contributed by atoms with E-state index in [2.05, 4.69) is 17.0 Å². The minimum absolute atomic E-state index is 0.0247. The molecule has 1 heterocycles. The van der Waals surface area contributed by atoms with Gasteiger partial charge in [0, 0.05) is 23.3 Å². The van der Waals surface area contributed by atoms with E-state index in [0.717, 1.165) is 20.9 Å². The number of carbonyl (C=O) groups is 1. The molecule has 1 unspecified atom stereocenters. The number of thioether (sulfide) groups is 2. The lowest BCUT2D eigenvalue weighted by Crippen LogP contribution is -2.13. The van der Waals surface area contributed by atoms with Crippen molar-refractivity contribution in [1.29, 1.82) is 0 Å². The largest absolute Gasteiger partial charge is 0.470 e. The van der Waals surface area contributed by atoms with E-state index < -0.39 is 5.97 Å². The SMILES string of the molecule is [C-]#[N+]C(C(=O)OCCC(C)OC)=C1Sc2c(C)ccc(C)c2S1. The Balaban J connectivity index is 2.14. The summed E-state index contributed by atoms with van der Waals surface area (Å²) in [6.07, 6.45) is 0.637. The van der Waals surface area contributed by atoms with E-state index in [9.17, 15) is 4.79 Å². The molecule has 0 N–H and O–H groups in total. The number of hydrogen-bond acceptors (Lipinski definition) is 5. The number of rotatable bonds is 5. The van der Waals surface area contributed by atoms with Crippen LogP contribution in [-0.2, 0) is 14.3 Å². The van der Waals surface area contributed by atoms with Gasteiger partial charge < -0.3 is 9.47 Å². The number of hydrogen-bond donors (Lipinski definition) is 0. The Hall–Kier alpha value is -1.42. The molecule has 0 radical (unpaired) electrons. The van der Waals surface area contributed by atoms with Crippen molar-refractivity contribution in [2.45, 2.75) is 43.1 Å². The average molecular weight is 349 g/mol. The molecule has 122 valence electrons. The lowest BCUT2D eigenvalue weighted by atomic mass is 10.2. The van der Waals surface area contributed by atoms with Crippen LogP contribution in [-0.4, -0.2) is 25.8 Å². The maximum atomic E-state index is 12.2. The molecule has 1 aromatic carbocycles. The fourth-order valence-corrected chi connectivity index (χ4v) is 4.70. The van der Waals surface area contributed by atoms with Gasteiger partial charge >= 0.3 is 5.97 Å². The zero-order chi connectivity index (χ0) is 17.0. The van der Waals surface area contributed by atoms with Gasteiger partial charge in [0.1, 0.15) is 0 Å². The van der Waals surface area contributed by atoms with Gasteiger partial charge in [-0.2, -0.15) is 0 Å². The number of aryl methyl sites for hydroxylation is 2. The fraction of sp³-hybridized carbons (Fsp3) is 0.412. The van der Waals surface area contributed by atoms with Crippen LogP contribution in [0.3, 0.4) is 0 Å². The molecule has 2 rings (SSSR count). The number of esters is 1. The summed E-state index contributed by atoms with van der Waals surface area (Å²) in [5.41, 5.74) is 2.38. The highest BCUT2D eigenvalue weighted by atomic mass is 32.2. The Bertz CT molecular complexity index is 659. The van der Waals surface area contributed by atoms with E-state index in [1.807, 2.05) is 20.8 Å². The van der Waals surface area contributed by atoms with E-state index in [1.54, 1.807) is 7.11 Å². The van der Waals surface area contributed by atoms with Gasteiger partial charge in [-0.1, -0.05) is 35.7 Å². The van der Waals surface area contributed by atoms with Crippen molar-refractivity contribution in [3.8, 4) is 0 Å². The monoisotopic (exact) mass is 349 g/mol. The molecule has 0 aliphatic carbocycles. The van der Waals surface area contributed by atoms with Gasteiger partial charge in [0.15, 0.2) is 0 Å². The highest BCUT2D eigenvalue weighted by Crippen LogP contribution is 2.54. The van der Waals surface area contributed by atoms with Crippen molar-refractivity contribution < 1.29 is 14.3 Å². The Morgan fingerprint density at radius 2 is 1.83 bits per heavy atom. The fourth-order valence-electron chi connectivity index (χ4n) is 1.99. The third-order valence-electron chi connectivity index (χ3n) is 3.55. The topological polar surface area (TPSA) is 39.9 Å². The summed E-state index contributed by atoms with van der Waals surface area (Å²) in [4.78, 5) is 17.9. The molecule has 6 heteroatoms. The molecule has 0 aromatic heterocycles. The van der Waals surface area contributed by atoms with Crippen molar-refractivity contribution in [1.82, 2.24) is 0 Å². The van der Waals surface area contributed by atoms with Crippen LogP contribution in [0.15, 0.2) is 31.9 Å². The zero-order valence-corrected chi connectivity index (χ0v) is 15.3. The number of fused-ring (bicyclic) bond motifs is 1. The summed E-state index contributed by atoms with van der Waals surface area (Å²) in [6, 6.07) is 4.12. The van der Waals surface area contributed by atoms with Crippen molar-refractivity contribution in [2.75, 3.05) is 13.7 Å². The Kier molecular flexibility index (Phi) is 6.17. The third kappa shape index (κ3) is 4.11.